The Morgan fingerprint density at radius 1 is 1.04 bits per heavy atom. The minimum absolute atomic E-state index is 0.0267. The highest BCUT2D eigenvalue weighted by Gasteiger charge is 2.32. The highest BCUT2D eigenvalue weighted by atomic mass is 16.7. The number of ether oxygens (including phenoxy) is 2. The molecule has 0 atom stereocenters. The van der Waals surface area contributed by atoms with E-state index in [1.807, 2.05) is 12.1 Å². The number of nitrogens with zero attached hydrogens (tertiary/aromatic N) is 3. The fraction of sp³-hybridized carbons (Fsp3) is 0.526. The van der Waals surface area contributed by atoms with Gasteiger partial charge in [0.15, 0.2) is 11.5 Å². The van der Waals surface area contributed by atoms with Gasteiger partial charge in [-0.05, 0) is 50.9 Å². The molecule has 1 saturated carbocycles. The normalized spacial score (nSPS) is 20.0. The molecule has 1 aliphatic carbocycles. The summed E-state index contributed by atoms with van der Waals surface area (Å²) in [6, 6.07) is 5.42. The molecule has 1 amide bonds. The summed E-state index contributed by atoms with van der Waals surface area (Å²) in [5.41, 5.74) is 0.720. The van der Waals surface area contributed by atoms with Gasteiger partial charge in [-0.2, -0.15) is 0 Å². The van der Waals surface area contributed by atoms with Crippen molar-refractivity contribution in [3.05, 3.63) is 30.0 Å². The van der Waals surface area contributed by atoms with E-state index in [0.29, 0.717) is 29.9 Å². The van der Waals surface area contributed by atoms with Crippen molar-refractivity contribution in [2.45, 2.75) is 37.5 Å². The van der Waals surface area contributed by atoms with E-state index in [4.69, 9.17) is 13.9 Å². The number of aromatic nitrogens is 2. The first-order valence-electron chi connectivity index (χ1n) is 9.50. The van der Waals surface area contributed by atoms with Gasteiger partial charge in [0.25, 0.3) is 0 Å². The Bertz CT molecular complexity index is 840. The van der Waals surface area contributed by atoms with Crippen LogP contribution in [0.3, 0.4) is 0 Å². The number of hydrogen-bond donors (Lipinski definition) is 1. The smallest absolute Gasteiger partial charge is 0.238 e. The second-order valence-corrected chi connectivity index (χ2v) is 7.42. The summed E-state index contributed by atoms with van der Waals surface area (Å²) in [5, 5.41) is 11.3. The van der Waals surface area contributed by atoms with Crippen LogP contribution in [-0.2, 0) is 4.79 Å². The van der Waals surface area contributed by atoms with Gasteiger partial charge in [0.05, 0.1) is 6.54 Å². The monoisotopic (exact) mass is 370 g/mol. The van der Waals surface area contributed by atoms with Crippen LogP contribution >= 0.6 is 0 Å². The second kappa shape index (κ2) is 6.84. The third-order valence-corrected chi connectivity index (χ3v) is 5.34. The Morgan fingerprint density at radius 3 is 2.48 bits per heavy atom. The number of nitrogens with one attached hydrogen (secondary N) is 1. The summed E-state index contributed by atoms with van der Waals surface area (Å²) in [6.07, 6.45) is 4.20. The van der Waals surface area contributed by atoms with Crippen molar-refractivity contribution in [1.82, 2.24) is 15.1 Å². The molecule has 3 aliphatic rings. The number of hydrogen-bond acceptors (Lipinski definition) is 7. The number of carbonyl (C=O) groups is 1. The van der Waals surface area contributed by atoms with Crippen LogP contribution in [-0.4, -0.2) is 47.4 Å². The number of benzene rings is 1. The van der Waals surface area contributed by atoms with E-state index in [1.54, 1.807) is 6.07 Å². The zero-order chi connectivity index (χ0) is 18.2. The van der Waals surface area contributed by atoms with Crippen LogP contribution in [0.25, 0.3) is 0 Å². The first-order chi connectivity index (χ1) is 13.2. The molecule has 1 saturated heterocycles. The molecule has 8 nitrogen and oxygen atoms in total. The molecule has 2 aromatic rings. The largest absolute Gasteiger partial charge is 0.454 e. The predicted octanol–water partition coefficient (Wildman–Crippen LogP) is 2.49. The number of likely N-dealkylation sites (tertiary alicyclic amines) is 1. The van der Waals surface area contributed by atoms with Crippen molar-refractivity contribution in [2.24, 2.45) is 0 Å². The van der Waals surface area contributed by atoms with Crippen molar-refractivity contribution in [3.63, 3.8) is 0 Å². The van der Waals surface area contributed by atoms with Gasteiger partial charge in [-0.15, -0.1) is 10.2 Å². The number of anilines is 1. The maximum Gasteiger partial charge on any atom is 0.238 e. The van der Waals surface area contributed by atoms with Crippen molar-refractivity contribution in [2.75, 3.05) is 31.7 Å². The van der Waals surface area contributed by atoms with Crippen LogP contribution < -0.4 is 14.8 Å². The summed E-state index contributed by atoms with van der Waals surface area (Å²) < 4.78 is 16.5. The van der Waals surface area contributed by atoms with Gasteiger partial charge in [-0.3, -0.25) is 9.69 Å². The van der Waals surface area contributed by atoms with Gasteiger partial charge in [-0.1, -0.05) is 0 Å². The second-order valence-electron chi connectivity index (χ2n) is 7.42. The van der Waals surface area contributed by atoms with E-state index >= 15 is 0 Å². The quantitative estimate of drug-likeness (QED) is 0.865. The highest BCUT2D eigenvalue weighted by molar-refractivity contribution is 5.92. The van der Waals surface area contributed by atoms with Crippen LogP contribution in [0, 0.1) is 0 Å². The molecule has 0 unspecified atom stereocenters. The summed E-state index contributed by atoms with van der Waals surface area (Å²) in [5.74, 6) is 3.71. The molecule has 27 heavy (non-hydrogen) atoms. The molecule has 142 valence electrons. The average molecular weight is 370 g/mol. The lowest BCUT2D eigenvalue weighted by Gasteiger charge is -2.29. The molecule has 3 heterocycles. The maximum absolute atomic E-state index is 12.4. The third kappa shape index (κ3) is 3.62. The van der Waals surface area contributed by atoms with Gasteiger partial charge in [0.1, 0.15) is 0 Å². The van der Waals surface area contributed by atoms with Gasteiger partial charge in [0, 0.05) is 23.6 Å². The van der Waals surface area contributed by atoms with E-state index in [1.165, 1.54) is 12.8 Å². The molecule has 1 aromatic carbocycles. The van der Waals surface area contributed by atoms with Gasteiger partial charge in [0.2, 0.25) is 24.5 Å². The third-order valence-electron chi connectivity index (χ3n) is 5.34. The van der Waals surface area contributed by atoms with Crippen LogP contribution in [0.1, 0.15) is 49.3 Å². The Balaban J connectivity index is 1.11. The van der Waals surface area contributed by atoms with Crippen molar-refractivity contribution < 1.29 is 18.7 Å². The van der Waals surface area contributed by atoms with E-state index in [-0.39, 0.29) is 12.7 Å². The van der Waals surface area contributed by atoms with Crippen LogP contribution in [0.2, 0.25) is 0 Å². The average Bonchev–Trinajstić information content (AvgIpc) is 3.22. The molecule has 8 heteroatoms. The summed E-state index contributed by atoms with van der Waals surface area (Å²) in [7, 11) is 0. The molecule has 1 N–H and O–H groups in total. The Morgan fingerprint density at radius 2 is 1.74 bits per heavy atom. The Hall–Kier alpha value is -2.61. The summed E-state index contributed by atoms with van der Waals surface area (Å²) >= 11 is 0. The fourth-order valence-electron chi connectivity index (χ4n) is 3.62. The molecule has 0 spiro atoms. The molecule has 5 rings (SSSR count). The molecular weight excluding hydrogens is 348 g/mol. The summed E-state index contributed by atoms with van der Waals surface area (Å²) in [4.78, 5) is 14.5. The minimum Gasteiger partial charge on any atom is -0.454 e. The fourth-order valence-corrected chi connectivity index (χ4v) is 3.62. The van der Waals surface area contributed by atoms with E-state index in [0.717, 1.165) is 43.4 Å². The number of amides is 1. The first-order valence-corrected chi connectivity index (χ1v) is 9.50. The highest BCUT2D eigenvalue weighted by Crippen LogP contribution is 2.40. The number of fused-ring (bicyclic) bond motifs is 1. The molecule has 0 radical (unpaired) electrons. The zero-order valence-electron chi connectivity index (χ0n) is 15.0. The standard InChI is InChI=1S/C19H22N4O4/c24-17(20-14-3-4-15-16(9-14)26-11-25-15)10-23-7-5-13(6-8-23)19-22-21-18(27-19)12-1-2-12/h3-4,9,12-13H,1-2,5-8,10-11H2,(H,20,24). The summed E-state index contributed by atoms with van der Waals surface area (Å²) in [6.45, 7) is 2.29. The lowest BCUT2D eigenvalue weighted by atomic mass is 9.97. The van der Waals surface area contributed by atoms with Crippen LogP contribution in [0.5, 0.6) is 11.5 Å². The maximum atomic E-state index is 12.4. The molecule has 0 bridgehead atoms. The minimum atomic E-state index is -0.0267. The molecular formula is C19H22N4O4. The zero-order valence-corrected chi connectivity index (χ0v) is 15.0. The lowest BCUT2D eigenvalue weighted by Crippen LogP contribution is -2.38. The Kier molecular flexibility index (Phi) is 4.20. The number of carbonyl (C=O) groups excluding carboxylic acids is 1. The Labute approximate surface area is 156 Å². The van der Waals surface area contributed by atoms with E-state index < -0.39 is 0 Å². The van der Waals surface area contributed by atoms with Crippen LogP contribution in [0.15, 0.2) is 22.6 Å². The van der Waals surface area contributed by atoms with Crippen LogP contribution in [0.4, 0.5) is 5.69 Å². The van der Waals surface area contributed by atoms with Gasteiger partial charge in [-0.25, -0.2) is 0 Å². The van der Waals surface area contributed by atoms with Crippen molar-refractivity contribution >= 4 is 11.6 Å². The van der Waals surface area contributed by atoms with Crippen molar-refractivity contribution in [3.8, 4) is 11.5 Å². The van der Waals surface area contributed by atoms with E-state index in [2.05, 4.69) is 20.4 Å². The van der Waals surface area contributed by atoms with Gasteiger partial charge < -0.3 is 19.2 Å². The molecule has 2 aliphatic heterocycles. The SMILES string of the molecule is O=C(CN1CCC(c2nnc(C3CC3)o2)CC1)Nc1ccc2c(c1)OCO2. The molecule has 2 fully saturated rings. The molecule has 1 aromatic heterocycles. The lowest BCUT2D eigenvalue weighted by molar-refractivity contribution is -0.117. The van der Waals surface area contributed by atoms with Crippen molar-refractivity contribution in [1.29, 1.82) is 0 Å². The number of piperidine rings is 1. The predicted molar refractivity (Wildman–Crippen MR) is 95.9 cm³/mol. The first kappa shape index (κ1) is 16.6. The van der Waals surface area contributed by atoms with E-state index in [9.17, 15) is 4.79 Å². The van der Waals surface area contributed by atoms with Gasteiger partial charge >= 0.3 is 0 Å². The topological polar surface area (TPSA) is 89.7 Å². The number of rotatable bonds is 5.